The molecule has 0 spiro atoms. The van der Waals surface area contributed by atoms with Crippen LogP contribution in [0.3, 0.4) is 0 Å². The first-order chi connectivity index (χ1) is 14.5. The van der Waals surface area contributed by atoms with Gasteiger partial charge < -0.3 is 10.1 Å². The molecule has 4 rings (SSSR count). The molecule has 0 saturated heterocycles. The second-order valence-electron chi connectivity index (χ2n) is 6.52. The minimum atomic E-state index is -0.398. The lowest BCUT2D eigenvalue weighted by atomic mass is 10.1. The Balaban J connectivity index is 1.44. The summed E-state index contributed by atoms with van der Waals surface area (Å²) in [5, 5.41) is 14.2. The molecule has 1 amide bonds. The van der Waals surface area contributed by atoms with Gasteiger partial charge in [0.2, 0.25) is 0 Å². The first kappa shape index (κ1) is 19.7. The van der Waals surface area contributed by atoms with Crippen LogP contribution in [0, 0.1) is 5.82 Å². The molecule has 0 aliphatic rings. The van der Waals surface area contributed by atoms with Crippen molar-refractivity contribution in [3.05, 3.63) is 83.0 Å². The average Bonchev–Trinajstić information content (AvgIpc) is 3.40. The maximum absolute atomic E-state index is 13.2. The standard InChI is InChI=1S/C21H17ClFN5O2/c1-30-17-4-2-3-13(7-17)19-9-20(27-26-19)21(29)25-16-10-24-28(12-16)11-14-5-6-15(23)8-18(14)22/h2-10,12H,11H2,1H3,(H,25,29)(H,26,27). The van der Waals surface area contributed by atoms with Gasteiger partial charge in [0.05, 0.1) is 31.2 Å². The minimum absolute atomic E-state index is 0.308. The largest absolute Gasteiger partial charge is 0.497 e. The highest BCUT2D eigenvalue weighted by molar-refractivity contribution is 6.31. The van der Waals surface area contributed by atoms with E-state index in [1.807, 2.05) is 24.3 Å². The van der Waals surface area contributed by atoms with E-state index in [4.69, 9.17) is 16.3 Å². The third-order valence-corrected chi connectivity index (χ3v) is 4.78. The number of nitrogens with one attached hydrogen (secondary N) is 2. The zero-order chi connectivity index (χ0) is 21.1. The molecule has 0 fully saturated rings. The van der Waals surface area contributed by atoms with Crippen LogP contribution in [-0.4, -0.2) is 33.0 Å². The van der Waals surface area contributed by atoms with E-state index in [9.17, 15) is 9.18 Å². The maximum atomic E-state index is 13.2. The third kappa shape index (κ3) is 4.33. The Morgan fingerprint density at radius 2 is 2.13 bits per heavy atom. The molecule has 2 heterocycles. The first-order valence-electron chi connectivity index (χ1n) is 8.99. The highest BCUT2D eigenvalue weighted by Gasteiger charge is 2.13. The number of carbonyl (C=O) groups is 1. The van der Waals surface area contributed by atoms with Crippen molar-refractivity contribution in [3.63, 3.8) is 0 Å². The van der Waals surface area contributed by atoms with Crippen molar-refractivity contribution in [1.29, 1.82) is 0 Å². The Bertz CT molecular complexity index is 1200. The molecule has 4 aromatic rings. The van der Waals surface area contributed by atoms with Crippen molar-refractivity contribution in [2.45, 2.75) is 6.54 Å². The molecule has 0 atom stereocenters. The molecule has 2 aromatic heterocycles. The summed E-state index contributed by atoms with van der Waals surface area (Å²) in [7, 11) is 1.59. The number of hydrogen-bond acceptors (Lipinski definition) is 4. The van der Waals surface area contributed by atoms with Crippen LogP contribution < -0.4 is 10.1 Å². The highest BCUT2D eigenvalue weighted by Crippen LogP contribution is 2.23. The van der Waals surface area contributed by atoms with Crippen LogP contribution in [0.1, 0.15) is 16.1 Å². The number of anilines is 1. The number of amides is 1. The van der Waals surface area contributed by atoms with Gasteiger partial charge in [0, 0.05) is 16.8 Å². The number of ether oxygens (including phenoxy) is 1. The topological polar surface area (TPSA) is 84.8 Å². The molecule has 0 aliphatic carbocycles. The molecule has 0 radical (unpaired) electrons. The normalized spacial score (nSPS) is 10.8. The SMILES string of the molecule is COc1cccc(-c2cc(C(=O)Nc3cnn(Cc4ccc(F)cc4Cl)c3)[nH]n2)c1. The fourth-order valence-corrected chi connectivity index (χ4v) is 3.13. The summed E-state index contributed by atoms with van der Waals surface area (Å²) in [6.07, 6.45) is 3.19. The van der Waals surface area contributed by atoms with Crippen LogP contribution in [-0.2, 0) is 6.54 Å². The van der Waals surface area contributed by atoms with E-state index >= 15 is 0 Å². The summed E-state index contributed by atoms with van der Waals surface area (Å²) < 4.78 is 20.0. The molecular formula is C21H17ClFN5O2. The van der Waals surface area contributed by atoms with Crippen molar-refractivity contribution < 1.29 is 13.9 Å². The van der Waals surface area contributed by atoms with E-state index in [0.29, 0.717) is 34.4 Å². The number of benzene rings is 2. The van der Waals surface area contributed by atoms with Crippen LogP contribution in [0.15, 0.2) is 60.9 Å². The lowest BCUT2D eigenvalue weighted by molar-refractivity contribution is 0.102. The van der Waals surface area contributed by atoms with Gasteiger partial charge in [-0.25, -0.2) is 4.39 Å². The van der Waals surface area contributed by atoms with Gasteiger partial charge in [-0.1, -0.05) is 29.8 Å². The maximum Gasteiger partial charge on any atom is 0.273 e. The first-order valence-corrected chi connectivity index (χ1v) is 9.37. The number of rotatable bonds is 6. The number of H-pyrrole nitrogens is 1. The highest BCUT2D eigenvalue weighted by atomic mass is 35.5. The quantitative estimate of drug-likeness (QED) is 0.480. The molecule has 0 bridgehead atoms. The molecular weight excluding hydrogens is 409 g/mol. The molecule has 30 heavy (non-hydrogen) atoms. The number of hydrogen-bond donors (Lipinski definition) is 2. The number of aromatic nitrogens is 4. The van der Waals surface area contributed by atoms with Crippen LogP contribution >= 0.6 is 11.6 Å². The fraction of sp³-hybridized carbons (Fsp3) is 0.0952. The molecule has 2 aromatic carbocycles. The summed E-state index contributed by atoms with van der Waals surface area (Å²) in [5.74, 6) is -0.0452. The number of aromatic amines is 1. The van der Waals surface area contributed by atoms with Crippen LogP contribution in [0.5, 0.6) is 5.75 Å². The van der Waals surface area contributed by atoms with E-state index in [1.165, 1.54) is 18.3 Å². The molecule has 7 nitrogen and oxygen atoms in total. The number of nitrogens with zero attached hydrogens (tertiary/aromatic N) is 3. The zero-order valence-corrected chi connectivity index (χ0v) is 16.7. The van der Waals surface area contributed by atoms with E-state index < -0.39 is 5.82 Å². The molecule has 152 valence electrons. The Labute approximate surface area is 176 Å². The number of halogens is 2. The van der Waals surface area contributed by atoms with Crippen molar-refractivity contribution >= 4 is 23.2 Å². The van der Waals surface area contributed by atoms with Crippen molar-refractivity contribution in [2.24, 2.45) is 0 Å². The van der Waals surface area contributed by atoms with Crippen molar-refractivity contribution in [1.82, 2.24) is 20.0 Å². The van der Waals surface area contributed by atoms with Crippen molar-refractivity contribution in [3.8, 4) is 17.0 Å². The van der Waals surface area contributed by atoms with E-state index in [2.05, 4.69) is 20.6 Å². The van der Waals surface area contributed by atoms with Gasteiger partial charge in [0.1, 0.15) is 17.3 Å². The fourth-order valence-electron chi connectivity index (χ4n) is 2.91. The van der Waals surface area contributed by atoms with Gasteiger partial charge >= 0.3 is 0 Å². The molecule has 0 unspecified atom stereocenters. The van der Waals surface area contributed by atoms with E-state index in [0.717, 1.165) is 11.1 Å². The molecule has 2 N–H and O–H groups in total. The summed E-state index contributed by atoms with van der Waals surface area (Å²) in [5.41, 5.74) is 2.99. The second kappa shape index (κ2) is 8.38. The Morgan fingerprint density at radius 1 is 1.27 bits per heavy atom. The molecule has 0 saturated carbocycles. The predicted molar refractivity (Wildman–Crippen MR) is 111 cm³/mol. The Morgan fingerprint density at radius 3 is 2.93 bits per heavy atom. The van der Waals surface area contributed by atoms with E-state index in [-0.39, 0.29) is 5.91 Å². The van der Waals surface area contributed by atoms with Gasteiger partial charge in [0.25, 0.3) is 5.91 Å². The smallest absolute Gasteiger partial charge is 0.273 e. The summed E-state index contributed by atoms with van der Waals surface area (Å²) in [6, 6.07) is 13.3. The van der Waals surface area contributed by atoms with Crippen LogP contribution in [0.25, 0.3) is 11.3 Å². The predicted octanol–water partition coefficient (Wildman–Crippen LogP) is 4.37. The molecule has 0 aliphatic heterocycles. The van der Waals surface area contributed by atoms with Gasteiger partial charge in [-0.05, 0) is 35.9 Å². The van der Waals surface area contributed by atoms with Crippen LogP contribution in [0.2, 0.25) is 5.02 Å². The summed E-state index contributed by atoms with van der Waals surface area (Å²) in [4.78, 5) is 12.5. The zero-order valence-electron chi connectivity index (χ0n) is 15.9. The monoisotopic (exact) mass is 425 g/mol. The summed E-state index contributed by atoms with van der Waals surface area (Å²) in [6.45, 7) is 0.346. The minimum Gasteiger partial charge on any atom is -0.497 e. The van der Waals surface area contributed by atoms with Crippen LogP contribution in [0.4, 0.5) is 10.1 Å². The lowest BCUT2D eigenvalue weighted by Crippen LogP contribution is -2.11. The average molecular weight is 426 g/mol. The number of methoxy groups -OCH3 is 1. The Kier molecular flexibility index (Phi) is 5.49. The second-order valence-corrected chi connectivity index (χ2v) is 6.92. The lowest BCUT2D eigenvalue weighted by Gasteiger charge is -2.04. The van der Waals surface area contributed by atoms with Gasteiger partial charge in [0.15, 0.2) is 0 Å². The van der Waals surface area contributed by atoms with Gasteiger partial charge in [-0.15, -0.1) is 0 Å². The third-order valence-electron chi connectivity index (χ3n) is 4.43. The number of carbonyl (C=O) groups excluding carboxylic acids is 1. The van der Waals surface area contributed by atoms with E-state index in [1.54, 1.807) is 30.1 Å². The van der Waals surface area contributed by atoms with Crippen molar-refractivity contribution in [2.75, 3.05) is 12.4 Å². The Hall–Kier alpha value is -3.65. The van der Waals surface area contributed by atoms with Gasteiger partial charge in [-0.2, -0.15) is 10.2 Å². The summed E-state index contributed by atoms with van der Waals surface area (Å²) >= 11 is 6.05. The molecule has 9 heteroatoms. The van der Waals surface area contributed by atoms with Gasteiger partial charge in [-0.3, -0.25) is 14.6 Å².